The number of nitrogens with zero attached hydrogens (tertiary/aromatic N) is 1. The number of carbonyl (C=O) groups excluding carboxylic acids is 1. The third-order valence-corrected chi connectivity index (χ3v) is 3.76. The molecule has 0 aliphatic carbocycles. The van der Waals surface area contributed by atoms with Crippen LogP contribution in [0.1, 0.15) is 38.1 Å². The molecule has 0 fully saturated rings. The summed E-state index contributed by atoms with van der Waals surface area (Å²) in [7, 11) is 3.16. The van der Waals surface area contributed by atoms with Crippen molar-refractivity contribution in [2.45, 2.75) is 33.2 Å². The molecule has 0 bridgehead atoms. The van der Waals surface area contributed by atoms with E-state index in [1.165, 1.54) is 0 Å². The minimum atomic E-state index is -0.564. The Bertz CT molecular complexity index is 465. The first kappa shape index (κ1) is 16.5. The molecule has 0 spiro atoms. The zero-order chi connectivity index (χ0) is 15.3. The molecular weight excluding hydrogens is 254 g/mol. The van der Waals surface area contributed by atoms with E-state index >= 15 is 0 Å². The van der Waals surface area contributed by atoms with Gasteiger partial charge in [-0.15, -0.1) is 0 Å². The molecule has 0 N–H and O–H groups in total. The van der Waals surface area contributed by atoms with Gasteiger partial charge in [-0.25, -0.2) is 0 Å². The van der Waals surface area contributed by atoms with Crippen LogP contribution in [0.2, 0.25) is 0 Å². The molecule has 4 nitrogen and oxygen atoms in total. The van der Waals surface area contributed by atoms with Crippen LogP contribution in [0, 0.1) is 0 Å². The van der Waals surface area contributed by atoms with Gasteiger partial charge in [-0.1, -0.05) is 13.8 Å². The van der Waals surface area contributed by atoms with Crippen LogP contribution in [0.3, 0.4) is 0 Å². The lowest BCUT2D eigenvalue weighted by Crippen LogP contribution is -2.50. The molecule has 1 aromatic carbocycles. The summed E-state index contributed by atoms with van der Waals surface area (Å²) in [5.41, 5.74) is 0.0240. The average Bonchev–Trinajstić information content (AvgIpc) is 2.46. The van der Waals surface area contributed by atoms with E-state index < -0.39 is 5.54 Å². The molecule has 0 aromatic heterocycles. The van der Waals surface area contributed by atoms with Gasteiger partial charge in [-0.05, 0) is 39.1 Å². The molecule has 1 rings (SSSR count). The van der Waals surface area contributed by atoms with Gasteiger partial charge in [0.2, 0.25) is 0 Å². The first-order chi connectivity index (χ1) is 9.42. The molecule has 0 aliphatic rings. The molecule has 0 radical (unpaired) electrons. The Balaban J connectivity index is 3.20. The fourth-order valence-corrected chi connectivity index (χ4v) is 2.47. The van der Waals surface area contributed by atoms with Gasteiger partial charge >= 0.3 is 0 Å². The standard InChI is InChI=1S/C16H25NO3/c1-7-17(8-2)16(3,4)15(18)13-10-9-12(19-5)11-14(13)20-6/h9-11H,7-8H2,1-6H3. The number of ketones is 1. The monoisotopic (exact) mass is 279 g/mol. The summed E-state index contributed by atoms with van der Waals surface area (Å²) in [6.45, 7) is 9.67. The van der Waals surface area contributed by atoms with Crippen LogP contribution in [0.5, 0.6) is 11.5 Å². The van der Waals surface area contributed by atoms with Crippen LogP contribution in [-0.4, -0.2) is 43.5 Å². The summed E-state index contributed by atoms with van der Waals surface area (Å²) in [6, 6.07) is 5.30. The van der Waals surface area contributed by atoms with Gasteiger partial charge in [0.1, 0.15) is 11.5 Å². The number of ether oxygens (including phenoxy) is 2. The summed E-state index contributed by atoms with van der Waals surface area (Å²) < 4.78 is 10.5. The third kappa shape index (κ3) is 3.12. The van der Waals surface area contributed by atoms with Crippen molar-refractivity contribution in [3.63, 3.8) is 0 Å². The van der Waals surface area contributed by atoms with E-state index in [0.717, 1.165) is 13.1 Å². The predicted octanol–water partition coefficient (Wildman–Crippen LogP) is 3.01. The van der Waals surface area contributed by atoms with Crippen LogP contribution in [-0.2, 0) is 0 Å². The van der Waals surface area contributed by atoms with E-state index in [4.69, 9.17) is 9.47 Å². The van der Waals surface area contributed by atoms with Gasteiger partial charge in [0.15, 0.2) is 5.78 Å². The van der Waals surface area contributed by atoms with Crippen molar-refractivity contribution in [2.75, 3.05) is 27.3 Å². The minimum Gasteiger partial charge on any atom is -0.497 e. The first-order valence-electron chi connectivity index (χ1n) is 6.94. The molecule has 0 heterocycles. The molecule has 20 heavy (non-hydrogen) atoms. The van der Waals surface area contributed by atoms with E-state index in [1.54, 1.807) is 32.4 Å². The van der Waals surface area contributed by atoms with Crippen LogP contribution in [0.25, 0.3) is 0 Å². The Morgan fingerprint density at radius 3 is 2.20 bits per heavy atom. The molecule has 4 heteroatoms. The van der Waals surface area contributed by atoms with Crippen molar-refractivity contribution in [1.82, 2.24) is 4.90 Å². The number of hydrogen-bond acceptors (Lipinski definition) is 4. The quantitative estimate of drug-likeness (QED) is 0.719. The average molecular weight is 279 g/mol. The predicted molar refractivity (Wildman–Crippen MR) is 80.9 cm³/mol. The van der Waals surface area contributed by atoms with Crippen molar-refractivity contribution < 1.29 is 14.3 Å². The van der Waals surface area contributed by atoms with Crippen LogP contribution >= 0.6 is 0 Å². The SMILES string of the molecule is CCN(CC)C(C)(C)C(=O)c1ccc(OC)cc1OC. The number of benzene rings is 1. The smallest absolute Gasteiger partial charge is 0.186 e. The highest BCUT2D eigenvalue weighted by Gasteiger charge is 2.35. The van der Waals surface area contributed by atoms with E-state index in [-0.39, 0.29) is 5.78 Å². The number of rotatable bonds is 7. The Morgan fingerprint density at radius 1 is 1.15 bits per heavy atom. The van der Waals surface area contributed by atoms with Crippen molar-refractivity contribution >= 4 is 5.78 Å². The lowest BCUT2D eigenvalue weighted by atomic mass is 9.90. The maximum Gasteiger partial charge on any atom is 0.186 e. The maximum absolute atomic E-state index is 12.8. The molecule has 0 saturated carbocycles. The minimum absolute atomic E-state index is 0.0562. The number of Topliss-reactive ketones (excluding diaryl/α,β-unsaturated/α-hetero) is 1. The topological polar surface area (TPSA) is 38.8 Å². The van der Waals surface area contributed by atoms with Gasteiger partial charge in [0.25, 0.3) is 0 Å². The number of carbonyl (C=O) groups is 1. The van der Waals surface area contributed by atoms with Crippen molar-refractivity contribution in [1.29, 1.82) is 0 Å². The molecule has 0 unspecified atom stereocenters. The van der Waals surface area contributed by atoms with Gasteiger partial charge in [0, 0.05) is 6.07 Å². The Hall–Kier alpha value is -1.55. The zero-order valence-corrected chi connectivity index (χ0v) is 13.3. The fourth-order valence-electron chi connectivity index (χ4n) is 2.47. The number of methoxy groups -OCH3 is 2. The Morgan fingerprint density at radius 2 is 1.75 bits per heavy atom. The second kappa shape index (κ2) is 6.75. The summed E-state index contributed by atoms with van der Waals surface area (Å²) in [4.78, 5) is 15.0. The van der Waals surface area contributed by atoms with Gasteiger partial charge < -0.3 is 9.47 Å². The summed E-state index contributed by atoms with van der Waals surface area (Å²) >= 11 is 0. The summed E-state index contributed by atoms with van der Waals surface area (Å²) in [5.74, 6) is 1.29. The third-order valence-electron chi connectivity index (χ3n) is 3.76. The Kier molecular flexibility index (Phi) is 5.57. The van der Waals surface area contributed by atoms with Crippen LogP contribution in [0.4, 0.5) is 0 Å². The summed E-state index contributed by atoms with van der Waals surface area (Å²) in [6.07, 6.45) is 0. The highest BCUT2D eigenvalue weighted by Crippen LogP contribution is 2.29. The van der Waals surface area contributed by atoms with Gasteiger partial charge in [-0.3, -0.25) is 9.69 Å². The molecule has 0 amide bonds. The first-order valence-corrected chi connectivity index (χ1v) is 6.94. The molecule has 0 aliphatic heterocycles. The van der Waals surface area contributed by atoms with Crippen molar-refractivity contribution in [3.8, 4) is 11.5 Å². The highest BCUT2D eigenvalue weighted by molar-refractivity contribution is 6.05. The molecule has 0 atom stereocenters. The number of hydrogen-bond donors (Lipinski definition) is 0. The van der Waals surface area contributed by atoms with E-state index in [9.17, 15) is 4.79 Å². The lowest BCUT2D eigenvalue weighted by molar-refractivity contribution is 0.0665. The normalized spacial score (nSPS) is 11.6. The van der Waals surface area contributed by atoms with E-state index in [2.05, 4.69) is 18.7 Å². The number of likely N-dealkylation sites (N-methyl/N-ethyl adjacent to an activating group) is 1. The Labute approximate surface area is 121 Å². The molecular formula is C16H25NO3. The summed E-state index contributed by atoms with van der Waals surface area (Å²) in [5, 5.41) is 0. The lowest BCUT2D eigenvalue weighted by Gasteiger charge is -2.36. The van der Waals surface area contributed by atoms with Crippen molar-refractivity contribution in [3.05, 3.63) is 23.8 Å². The molecule has 112 valence electrons. The molecule has 0 saturated heterocycles. The van der Waals surface area contributed by atoms with Gasteiger partial charge in [0.05, 0.1) is 25.3 Å². The fraction of sp³-hybridized carbons (Fsp3) is 0.562. The maximum atomic E-state index is 12.8. The van der Waals surface area contributed by atoms with Crippen molar-refractivity contribution in [2.24, 2.45) is 0 Å². The zero-order valence-electron chi connectivity index (χ0n) is 13.3. The second-order valence-electron chi connectivity index (χ2n) is 5.13. The largest absolute Gasteiger partial charge is 0.497 e. The van der Waals surface area contributed by atoms with Gasteiger partial charge in [-0.2, -0.15) is 0 Å². The van der Waals surface area contributed by atoms with Crippen LogP contribution in [0.15, 0.2) is 18.2 Å². The highest BCUT2D eigenvalue weighted by atomic mass is 16.5. The second-order valence-corrected chi connectivity index (χ2v) is 5.13. The van der Waals surface area contributed by atoms with E-state index in [1.807, 2.05) is 13.8 Å². The van der Waals surface area contributed by atoms with Crippen LogP contribution < -0.4 is 9.47 Å². The molecule has 1 aromatic rings. The van der Waals surface area contributed by atoms with E-state index in [0.29, 0.717) is 17.1 Å².